The molecule has 0 unspecified atom stereocenters. The highest BCUT2D eigenvalue weighted by molar-refractivity contribution is 7.13. The second-order valence-electron chi connectivity index (χ2n) is 8.00. The molecule has 2 aromatic heterocycles. The minimum atomic E-state index is -0.0196. The summed E-state index contributed by atoms with van der Waals surface area (Å²) in [5, 5.41) is 5.89. The number of rotatable bonds is 4. The van der Waals surface area contributed by atoms with Gasteiger partial charge in [-0.1, -0.05) is 0 Å². The van der Waals surface area contributed by atoms with Crippen LogP contribution in [0.1, 0.15) is 18.5 Å². The number of piperidine rings is 2. The molecule has 2 fully saturated rings. The number of hydrogen-bond acceptors (Lipinski definition) is 12. The van der Waals surface area contributed by atoms with Crippen LogP contribution >= 0.6 is 23.7 Å². The highest BCUT2D eigenvalue weighted by Crippen LogP contribution is 2.24. The molecule has 2 aromatic rings. The van der Waals surface area contributed by atoms with E-state index >= 15 is 0 Å². The first kappa shape index (κ1) is 22.8. The summed E-state index contributed by atoms with van der Waals surface area (Å²) >= 11 is 1.50. The van der Waals surface area contributed by atoms with Crippen LogP contribution in [0.15, 0.2) is 5.38 Å². The molecule has 0 amide bonds. The predicted molar refractivity (Wildman–Crippen MR) is 123 cm³/mol. The third-order valence-electron chi connectivity index (χ3n) is 5.05. The van der Waals surface area contributed by atoms with Crippen LogP contribution in [0.2, 0.25) is 0 Å². The van der Waals surface area contributed by atoms with E-state index in [0.29, 0.717) is 44.0 Å². The van der Waals surface area contributed by atoms with Crippen LogP contribution in [0, 0.1) is 6.92 Å². The van der Waals surface area contributed by atoms with Gasteiger partial charge in [0.15, 0.2) is 5.13 Å². The van der Waals surface area contributed by atoms with E-state index < -0.39 is 0 Å². The maximum atomic E-state index is 6.17. The van der Waals surface area contributed by atoms with Crippen LogP contribution in [0.25, 0.3) is 0 Å². The molecule has 0 aliphatic carbocycles. The van der Waals surface area contributed by atoms with Crippen molar-refractivity contribution >= 4 is 46.7 Å². The van der Waals surface area contributed by atoms with E-state index in [9.17, 15) is 0 Å². The SMILES string of the molecule is Cc1csc(Nc2nc(N3C[C@H](N)C[C@H](N)C3)nc(N3C[C@H](N)C[C@H](N)C3)n2)n1.Cl. The van der Waals surface area contributed by atoms with Gasteiger partial charge in [0, 0.05) is 55.7 Å². The zero-order chi connectivity index (χ0) is 20.5. The van der Waals surface area contributed by atoms with Gasteiger partial charge in [-0.2, -0.15) is 15.0 Å². The number of nitrogens with zero attached hydrogens (tertiary/aromatic N) is 6. The average molecular weight is 456 g/mol. The van der Waals surface area contributed by atoms with Crippen molar-refractivity contribution in [3.63, 3.8) is 0 Å². The Morgan fingerprint density at radius 1 is 0.833 bits per heavy atom. The summed E-state index contributed by atoms with van der Waals surface area (Å²) in [4.78, 5) is 22.4. The molecule has 30 heavy (non-hydrogen) atoms. The molecule has 0 bridgehead atoms. The molecule has 9 N–H and O–H groups in total. The third-order valence-corrected chi connectivity index (χ3v) is 5.92. The monoisotopic (exact) mass is 455 g/mol. The van der Waals surface area contributed by atoms with Gasteiger partial charge in [-0.15, -0.1) is 23.7 Å². The Kier molecular flexibility index (Phi) is 7.26. The fraction of sp³-hybridized carbons (Fsp3) is 0.647. The van der Waals surface area contributed by atoms with Crippen LogP contribution in [-0.4, -0.2) is 70.3 Å². The fourth-order valence-electron chi connectivity index (χ4n) is 3.88. The first-order valence-corrected chi connectivity index (χ1v) is 10.7. The lowest BCUT2D eigenvalue weighted by molar-refractivity contribution is 0.441. The summed E-state index contributed by atoms with van der Waals surface area (Å²) in [6.07, 6.45) is 1.57. The molecule has 0 radical (unpaired) electrons. The Morgan fingerprint density at radius 3 is 1.70 bits per heavy atom. The van der Waals surface area contributed by atoms with E-state index in [4.69, 9.17) is 27.9 Å². The second kappa shape index (κ2) is 9.54. The number of nitrogens with one attached hydrogen (secondary N) is 1. The molecule has 0 aromatic carbocycles. The number of anilines is 4. The van der Waals surface area contributed by atoms with E-state index in [1.54, 1.807) is 0 Å². The summed E-state index contributed by atoms with van der Waals surface area (Å²) in [5.41, 5.74) is 25.6. The Morgan fingerprint density at radius 2 is 1.30 bits per heavy atom. The standard InChI is InChI=1S/C17H29N11S.ClH/c1-9-8-29-17(22-9)25-14-23-15(27-4-10(18)2-11(19)5-27)26-16(24-14)28-6-12(20)3-13(21)7-28;/h8,10-13H,2-7,18-21H2,1H3,(H,22,23,24,25,26);1H/t10-,11+,12-,13+;. The van der Waals surface area contributed by atoms with E-state index in [0.717, 1.165) is 23.7 Å². The van der Waals surface area contributed by atoms with Crippen molar-refractivity contribution in [1.82, 2.24) is 19.9 Å². The molecule has 2 aliphatic heterocycles. The van der Waals surface area contributed by atoms with Gasteiger partial charge in [-0.25, -0.2) is 4.98 Å². The molecule has 4 atom stereocenters. The number of halogens is 1. The number of aryl methyl sites for hydroxylation is 1. The molecule has 13 heteroatoms. The van der Waals surface area contributed by atoms with Crippen molar-refractivity contribution in [2.75, 3.05) is 41.3 Å². The number of nitrogens with two attached hydrogens (primary N) is 4. The minimum absolute atomic E-state index is 0. The van der Waals surface area contributed by atoms with Gasteiger partial charge in [0.05, 0.1) is 5.69 Å². The first-order valence-electron chi connectivity index (χ1n) is 9.83. The number of hydrogen-bond donors (Lipinski definition) is 5. The lowest BCUT2D eigenvalue weighted by atomic mass is 10.0. The average Bonchev–Trinajstić information content (AvgIpc) is 3.04. The van der Waals surface area contributed by atoms with E-state index in [1.165, 1.54) is 11.3 Å². The predicted octanol–water partition coefficient (Wildman–Crippen LogP) is -0.469. The molecule has 0 spiro atoms. The lowest BCUT2D eigenvalue weighted by Gasteiger charge is -2.36. The number of thiazole rings is 1. The van der Waals surface area contributed by atoms with E-state index in [1.807, 2.05) is 22.1 Å². The van der Waals surface area contributed by atoms with Gasteiger partial charge in [-0.3, -0.25) is 5.32 Å². The molecule has 2 saturated heterocycles. The number of aromatic nitrogens is 4. The van der Waals surface area contributed by atoms with Gasteiger partial charge in [0.25, 0.3) is 0 Å². The second-order valence-corrected chi connectivity index (χ2v) is 8.86. The summed E-state index contributed by atoms with van der Waals surface area (Å²) in [6, 6.07) is -0.0785. The van der Waals surface area contributed by atoms with Gasteiger partial charge in [0.2, 0.25) is 17.8 Å². The molecule has 4 heterocycles. The normalized spacial score (nSPS) is 27.0. The van der Waals surface area contributed by atoms with Crippen LogP contribution < -0.4 is 38.1 Å². The maximum Gasteiger partial charge on any atom is 0.235 e. The largest absolute Gasteiger partial charge is 0.338 e. The van der Waals surface area contributed by atoms with Crippen molar-refractivity contribution < 1.29 is 0 Å². The Bertz CT molecular complexity index is 785. The Labute approximate surface area is 186 Å². The zero-order valence-corrected chi connectivity index (χ0v) is 18.6. The van der Waals surface area contributed by atoms with Crippen molar-refractivity contribution in [2.24, 2.45) is 22.9 Å². The van der Waals surface area contributed by atoms with Crippen LogP contribution in [0.3, 0.4) is 0 Å². The highest BCUT2D eigenvalue weighted by atomic mass is 35.5. The minimum Gasteiger partial charge on any atom is -0.338 e. The van der Waals surface area contributed by atoms with Gasteiger partial charge >= 0.3 is 0 Å². The summed E-state index contributed by atoms with van der Waals surface area (Å²) in [5.74, 6) is 1.52. The summed E-state index contributed by atoms with van der Waals surface area (Å²) in [6.45, 7) is 4.52. The summed E-state index contributed by atoms with van der Waals surface area (Å²) in [7, 11) is 0. The third kappa shape index (κ3) is 5.45. The Hall–Kier alpha value is -1.83. The van der Waals surface area contributed by atoms with Crippen LogP contribution in [0.4, 0.5) is 23.0 Å². The Balaban J connectivity index is 0.00000256. The maximum absolute atomic E-state index is 6.17. The molecule has 166 valence electrons. The van der Waals surface area contributed by atoms with Crippen LogP contribution in [-0.2, 0) is 0 Å². The van der Waals surface area contributed by atoms with Gasteiger partial charge < -0.3 is 32.7 Å². The van der Waals surface area contributed by atoms with Crippen molar-refractivity contribution in [3.05, 3.63) is 11.1 Å². The lowest BCUT2D eigenvalue weighted by Crippen LogP contribution is -2.54. The molecule has 4 rings (SSSR count). The molecule has 2 aliphatic rings. The van der Waals surface area contributed by atoms with Crippen LogP contribution in [0.5, 0.6) is 0 Å². The van der Waals surface area contributed by atoms with Crippen molar-refractivity contribution in [2.45, 2.75) is 43.9 Å². The smallest absolute Gasteiger partial charge is 0.235 e. The van der Waals surface area contributed by atoms with Crippen molar-refractivity contribution in [3.8, 4) is 0 Å². The van der Waals surface area contributed by atoms with Gasteiger partial charge in [-0.05, 0) is 19.8 Å². The van der Waals surface area contributed by atoms with E-state index in [-0.39, 0.29) is 36.6 Å². The first-order chi connectivity index (χ1) is 13.9. The summed E-state index contributed by atoms with van der Waals surface area (Å²) < 4.78 is 0. The molecule has 0 saturated carbocycles. The topological polar surface area (TPSA) is 174 Å². The quantitative estimate of drug-likeness (QED) is 0.403. The highest BCUT2D eigenvalue weighted by Gasteiger charge is 2.28. The molecular weight excluding hydrogens is 426 g/mol. The fourth-order valence-corrected chi connectivity index (χ4v) is 4.57. The molecule has 11 nitrogen and oxygen atoms in total. The van der Waals surface area contributed by atoms with Crippen molar-refractivity contribution in [1.29, 1.82) is 0 Å². The zero-order valence-electron chi connectivity index (χ0n) is 16.9. The molecular formula is C17H30ClN11S. The van der Waals surface area contributed by atoms with E-state index in [2.05, 4.69) is 20.3 Å². The van der Waals surface area contributed by atoms with Gasteiger partial charge in [0.1, 0.15) is 0 Å².